The van der Waals surface area contributed by atoms with Crippen molar-refractivity contribution < 1.29 is 4.79 Å². The molecule has 2 heterocycles. The van der Waals surface area contributed by atoms with E-state index in [4.69, 9.17) is 23.2 Å². The number of carbonyl (C=O) groups is 1. The first-order valence-corrected chi connectivity index (χ1v) is 13.3. The van der Waals surface area contributed by atoms with Crippen LogP contribution in [0.1, 0.15) is 69.9 Å². The fraction of sp³-hybridized carbons (Fsp3) is 0.556. The lowest BCUT2D eigenvalue weighted by molar-refractivity contribution is -0.122. The Bertz CT molecular complexity index is 1100. The number of fused-ring (bicyclic) bond motifs is 4. The maximum absolute atomic E-state index is 14.6. The lowest BCUT2D eigenvalue weighted by Crippen LogP contribution is -2.36. The molecule has 1 aromatic heterocycles. The Hall–Kier alpha value is -1.78. The number of Topliss-reactive ketones (excluding diaryl/α,β-unsaturated/α-hetero) is 1. The molecule has 5 atom stereocenters. The number of benzene rings is 1. The molecule has 3 fully saturated rings. The molecule has 0 saturated heterocycles. The van der Waals surface area contributed by atoms with Crippen LogP contribution in [0.15, 0.2) is 41.7 Å². The number of nitrogens with zero attached hydrogens (tertiary/aromatic N) is 2. The predicted octanol–water partition coefficient (Wildman–Crippen LogP) is 7.29. The van der Waals surface area contributed by atoms with E-state index in [1.54, 1.807) is 6.20 Å². The molecule has 0 bridgehead atoms. The van der Waals surface area contributed by atoms with Crippen LogP contribution in [0.25, 0.3) is 0 Å². The van der Waals surface area contributed by atoms with Gasteiger partial charge in [-0.3, -0.25) is 4.79 Å². The number of aromatic nitrogens is 2. The van der Waals surface area contributed by atoms with Crippen LogP contribution in [-0.4, -0.2) is 15.6 Å². The van der Waals surface area contributed by atoms with Crippen LogP contribution in [-0.2, 0) is 4.79 Å². The fourth-order valence-electron chi connectivity index (χ4n) is 7.73. The number of ketones is 1. The molecule has 3 saturated carbocycles. The van der Waals surface area contributed by atoms with Gasteiger partial charge in [0.1, 0.15) is 11.9 Å². The summed E-state index contributed by atoms with van der Waals surface area (Å²) in [5.41, 5.74) is 2.75. The first kappa shape index (κ1) is 21.7. The van der Waals surface area contributed by atoms with Crippen LogP contribution < -0.4 is 5.32 Å². The highest BCUT2D eigenvalue weighted by Gasteiger charge is 2.54. The van der Waals surface area contributed by atoms with Crippen molar-refractivity contribution in [1.82, 2.24) is 9.78 Å². The summed E-state index contributed by atoms with van der Waals surface area (Å²) in [6.45, 7) is 2.04. The molecular formula is C27H31Cl2N3O. The summed E-state index contributed by atoms with van der Waals surface area (Å²) in [6.07, 6.45) is 12.0. The Morgan fingerprint density at radius 2 is 1.58 bits per heavy atom. The van der Waals surface area contributed by atoms with E-state index in [1.807, 2.05) is 35.9 Å². The van der Waals surface area contributed by atoms with Gasteiger partial charge in [-0.25, -0.2) is 4.68 Å². The number of nitrogens with one attached hydrogen (secondary N) is 1. The molecule has 0 radical (unpaired) electrons. The monoisotopic (exact) mass is 483 g/mol. The second kappa shape index (κ2) is 8.46. The number of anilines is 1. The molecule has 1 N–H and O–H groups in total. The smallest absolute Gasteiger partial charge is 0.166 e. The summed E-state index contributed by atoms with van der Waals surface area (Å²) in [5, 5.41) is 9.11. The van der Waals surface area contributed by atoms with E-state index >= 15 is 0 Å². The van der Waals surface area contributed by atoms with Crippen LogP contribution in [0.4, 0.5) is 5.82 Å². The average molecular weight is 484 g/mol. The summed E-state index contributed by atoms with van der Waals surface area (Å²) in [6, 6.07) is 7.37. The van der Waals surface area contributed by atoms with Crippen molar-refractivity contribution >= 4 is 34.8 Å². The van der Waals surface area contributed by atoms with E-state index in [0.29, 0.717) is 27.7 Å². The maximum Gasteiger partial charge on any atom is 0.166 e. The second-order valence-corrected chi connectivity index (χ2v) is 11.3. The molecule has 2 aromatic rings. The molecule has 4 aliphatic rings. The van der Waals surface area contributed by atoms with Gasteiger partial charge in [-0.15, -0.1) is 0 Å². The van der Waals surface area contributed by atoms with Crippen molar-refractivity contribution in [2.75, 3.05) is 5.32 Å². The molecular weight excluding hydrogens is 453 g/mol. The zero-order valence-corrected chi connectivity index (χ0v) is 20.6. The van der Waals surface area contributed by atoms with Crippen LogP contribution in [0.2, 0.25) is 10.0 Å². The van der Waals surface area contributed by atoms with Gasteiger partial charge in [-0.2, -0.15) is 5.10 Å². The lowest BCUT2D eigenvalue weighted by atomic mass is 9.73. The van der Waals surface area contributed by atoms with Crippen molar-refractivity contribution in [2.45, 2.75) is 64.3 Å². The summed E-state index contributed by atoms with van der Waals surface area (Å²) < 4.78 is 1.94. The van der Waals surface area contributed by atoms with Gasteiger partial charge in [0.15, 0.2) is 5.78 Å². The van der Waals surface area contributed by atoms with Crippen molar-refractivity contribution in [3.8, 4) is 0 Å². The normalized spacial score (nSPS) is 33.2. The van der Waals surface area contributed by atoms with E-state index in [2.05, 4.69) is 10.4 Å². The highest BCUT2D eigenvalue weighted by Crippen LogP contribution is 2.58. The van der Waals surface area contributed by atoms with Crippen molar-refractivity contribution in [3.05, 3.63) is 57.3 Å². The van der Waals surface area contributed by atoms with Crippen LogP contribution >= 0.6 is 23.2 Å². The number of hydrogen-bond donors (Lipinski definition) is 1. The van der Waals surface area contributed by atoms with E-state index in [-0.39, 0.29) is 12.0 Å². The Labute approximate surface area is 205 Å². The zero-order chi connectivity index (χ0) is 22.7. The minimum atomic E-state index is -0.289. The lowest BCUT2D eigenvalue weighted by Gasteiger charge is -2.35. The molecule has 174 valence electrons. The standard InChI is InChI=1S/C27H31Cl2N3O/c1-15-24(26(32-23(31-15)12-13-30-32)16-10-11-21(28)22(29)14-16)27(33)25-19-8-4-2-6-17(19)18-7-3-5-9-20(18)25/h10-14,17-20,25-26,31H,2-9H2,1H3. The molecule has 33 heavy (non-hydrogen) atoms. The van der Waals surface area contributed by atoms with Crippen molar-refractivity contribution in [2.24, 2.45) is 29.6 Å². The first-order valence-electron chi connectivity index (χ1n) is 12.5. The third-order valence-corrected chi connectivity index (χ3v) is 9.70. The van der Waals surface area contributed by atoms with Crippen LogP contribution in [0.3, 0.4) is 0 Å². The highest BCUT2D eigenvalue weighted by atomic mass is 35.5. The minimum Gasteiger partial charge on any atom is -0.344 e. The molecule has 5 unspecified atom stereocenters. The summed E-state index contributed by atoms with van der Waals surface area (Å²) in [4.78, 5) is 14.6. The number of carbonyl (C=O) groups excluding carboxylic acids is 1. The van der Waals surface area contributed by atoms with E-state index in [0.717, 1.165) is 34.5 Å². The van der Waals surface area contributed by atoms with Gasteiger partial charge >= 0.3 is 0 Å². The maximum atomic E-state index is 14.6. The molecule has 0 spiro atoms. The third-order valence-electron chi connectivity index (χ3n) is 8.96. The van der Waals surface area contributed by atoms with E-state index in [1.165, 1.54) is 51.4 Å². The fourth-order valence-corrected chi connectivity index (χ4v) is 8.04. The Morgan fingerprint density at radius 3 is 2.21 bits per heavy atom. The van der Waals surface area contributed by atoms with Crippen molar-refractivity contribution in [3.63, 3.8) is 0 Å². The SMILES string of the molecule is CC1=C(C(=O)C2C3CCCCC3C3CCCCC32)C(c2ccc(Cl)c(Cl)c2)n2nccc2N1. The van der Waals surface area contributed by atoms with Gasteiger partial charge in [0.2, 0.25) is 0 Å². The minimum absolute atomic E-state index is 0.134. The first-order chi connectivity index (χ1) is 16.0. The topological polar surface area (TPSA) is 46.9 Å². The Kier molecular flexibility index (Phi) is 5.57. The predicted molar refractivity (Wildman–Crippen MR) is 133 cm³/mol. The molecule has 6 heteroatoms. The van der Waals surface area contributed by atoms with E-state index < -0.39 is 0 Å². The molecule has 6 rings (SSSR count). The van der Waals surface area contributed by atoms with Gasteiger partial charge in [0, 0.05) is 23.3 Å². The summed E-state index contributed by atoms with van der Waals surface area (Å²) in [5.74, 6) is 3.91. The van der Waals surface area contributed by atoms with Gasteiger partial charge in [0.25, 0.3) is 0 Å². The number of halogens is 2. The van der Waals surface area contributed by atoms with Gasteiger partial charge in [-0.1, -0.05) is 55.0 Å². The quantitative estimate of drug-likeness (QED) is 0.498. The molecule has 1 aliphatic heterocycles. The molecule has 3 aliphatic carbocycles. The number of allylic oxidation sites excluding steroid dienone is 2. The van der Waals surface area contributed by atoms with Crippen LogP contribution in [0.5, 0.6) is 0 Å². The molecule has 1 aromatic carbocycles. The zero-order valence-electron chi connectivity index (χ0n) is 19.1. The highest BCUT2D eigenvalue weighted by molar-refractivity contribution is 6.42. The van der Waals surface area contributed by atoms with Gasteiger partial charge in [-0.05, 0) is 74.0 Å². The second-order valence-electron chi connectivity index (χ2n) is 10.5. The average Bonchev–Trinajstić information content (AvgIpc) is 3.42. The van der Waals surface area contributed by atoms with Crippen molar-refractivity contribution in [1.29, 1.82) is 0 Å². The largest absolute Gasteiger partial charge is 0.344 e. The third kappa shape index (κ3) is 3.47. The van der Waals surface area contributed by atoms with Gasteiger partial charge < -0.3 is 5.32 Å². The van der Waals surface area contributed by atoms with Crippen LogP contribution in [0, 0.1) is 29.6 Å². The molecule has 0 amide bonds. The number of rotatable bonds is 3. The Morgan fingerprint density at radius 1 is 0.939 bits per heavy atom. The summed E-state index contributed by atoms with van der Waals surface area (Å²) >= 11 is 12.7. The Balaban J connectivity index is 1.45. The number of hydrogen-bond acceptors (Lipinski definition) is 3. The summed E-state index contributed by atoms with van der Waals surface area (Å²) in [7, 11) is 0. The van der Waals surface area contributed by atoms with E-state index in [9.17, 15) is 4.79 Å². The molecule has 4 nitrogen and oxygen atoms in total. The van der Waals surface area contributed by atoms with Gasteiger partial charge in [0.05, 0.1) is 16.2 Å².